The Morgan fingerprint density at radius 3 is 2.48 bits per heavy atom. The van der Waals surface area contributed by atoms with Gasteiger partial charge in [0.1, 0.15) is 11.4 Å². The second kappa shape index (κ2) is 15.2. The predicted octanol–water partition coefficient (Wildman–Crippen LogP) is 5.34. The molecule has 234 valence electrons. The molecule has 44 heavy (non-hydrogen) atoms. The van der Waals surface area contributed by atoms with Crippen LogP contribution >= 0.6 is 11.6 Å². The Morgan fingerprint density at radius 2 is 1.80 bits per heavy atom. The molecule has 1 aliphatic rings. The summed E-state index contributed by atoms with van der Waals surface area (Å²) in [4.78, 5) is 31.9. The summed E-state index contributed by atoms with van der Waals surface area (Å²) in [7, 11) is 0. The average molecular weight is 622 g/mol. The van der Waals surface area contributed by atoms with E-state index in [0.29, 0.717) is 42.3 Å². The van der Waals surface area contributed by atoms with Crippen LogP contribution in [-0.2, 0) is 25.5 Å². The van der Waals surface area contributed by atoms with Crippen molar-refractivity contribution in [1.29, 1.82) is 0 Å². The Bertz CT molecular complexity index is 1420. The molecule has 9 nitrogen and oxygen atoms in total. The second-order valence-electron chi connectivity index (χ2n) is 11.5. The molecule has 3 N–H and O–H groups in total. The Morgan fingerprint density at radius 1 is 1.05 bits per heavy atom. The quantitative estimate of drug-likeness (QED) is 0.126. The molecule has 3 aromatic rings. The summed E-state index contributed by atoms with van der Waals surface area (Å²) in [6.45, 7) is 6.29. The van der Waals surface area contributed by atoms with Gasteiger partial charge in [-0.05, 0) is 81.1 Å². The summed E-state index contributed by atoms with van der Waals surface area (Å²) >= 11 is 6.12. The van der Waals surface area contributed by atoms with Crippen LogP contribution in [0.15, 0.2) is 83.9 Å². The molecule has 4 rings (SSSR count). The number of nitrogens with zero attached hydrogens (tertiary/aromatic N) is 1. The number of amides is 1. The van der Waals surface area contributed by atoms with Crippen molar-refractivity contribution in [3.05, 3.63) is 101 Å². The van der Waals surface area contributed by atoms with Crippen LogP contribution in [0.2, 0.25) is 5.02 Å². The molecular formula is C34H40ClN3O6. The van der Waals surface area contributed by atoms with Gasteiger partial charge in [0.25, 0.3) is 5.91 Å². The fraction of sp³-hybridized carbons (Fsp3) is 0.382. The van der Waals surface area contributed by atoms with E-state index in [1.807, 2.05) is 54.6 Å². The topological polar surface area (TPSA) is 118 Å². The van der Waals surface area contributed by atoms with E-state index in [0.717, 1.165) is 11.1 Å². The molecule has 0 unspecified atom stereocenters. The van der Waals surface area contributed by atoms with Crippen molar-refractivity contribution in [2.24, 2.45) is 4.99 Å². The largest absolute Gasteiger partial charge is 0.494 e. The number of hydrogen-bond donors (Lipinski definition) is 3. The zero-order chi connectivity index (χ0) is 31.6. The number of hydrogen-bond acceptors (Lipinski definition) is 8. The maximum atomic E-state index is 14.1. The highest BCUT2D eigenvalue weighted by molar-refractivity contribution is 6.30. The SMILES string of the molecule is CC(C)(C)OC(=O)CC[C@]1(C(=O)NNCCc2cccc(Cl)c2)N=C(c2ccc(OCCCO)cc2)O[C@H]1c1ccccc1. The van der Waals surface area contributed by atoms with Crippen LogP contribution in [0, 0.1) is 0 Å². The molecular weight excluding hydrogens is 582 g/mol. The fourth-order valence-electron chi connectivity index (χ4n) is 4.83. The molecule has 1 heterocycles. The van der Waals surface area contributed by atoms with Crippen molar-refractivity contribution < 1.29 is 28.9 Å². The van der Waals surface area contributed by atoms with Crippen LogP contribution in [0.5, 0.6) is 5.75 Å². The van der Waals surface area contributed by atoms with Gasteiger partial charge in [-0.15, -0.1) is 0 Å². The second-order valence-corrected chi connectivity index (χ2v) is 12.0. The number of rotatable bonds is 14. The van der Waals surface area contributed by atoms with Gasteiger partial charge in [0.15, 0.2) is 11.6 Å². The number of carbonyl (C=O) groups is 2. The average Bonchev–Trinajstić information content (AvgIpc) is 3.39. The standard InChI is InChI=1S/C34H40ClN3O6/c1-33(2,3)44-29(40)17-19-34(32(41)38-36-20-18-24-9-7-12-27(35)23-24)30(25-10-5-4-6-11-25)43-31(37-34)26-13-15-28(16-14-26)42-22-8-21-39/h4-7,9-16,23,30,36,39H,8,17-22H2,1-3H3,(H,38,41)/t30-,34-/m0/s1. The minimum absolute atomic E-state index is 0.0473. The van der Waals surface area contributed by atoms with E-state index in [4.69, 9.17) is 35.9 Å². The fourth-order valence-corrected chi connectivity index (χ4v) is 5.05. The summed E-state index contributed by atoms with van der Waals surface area (Å²) in [5, 5.41) is 9.67. The summed E-state index contributed by atoms with van der Waals surface area (Å²) in [6, 6.07) is 24.1. The van der Waals surface area contributed by atoms with Crippen molar-refractivity contribution in [2.45, 2.75) is 63.7 Å². The van der Waals surface area contributed by atoms with Crippen molar-refractivity contribution in [1.82, 2.24) is 10.9 Å². The number of aliphatic hydroxyl groups excluding tert-OH is 1. The molecule has 0 radical (unpaired) electrons. The first-order valence-corrected chi connectivity index (χ1v) is 15.1. The maximum Gasteiger partial charge on any atom is 0.306 e. The van der Waals surface area contributed by atoms with Crippen LogP contribution in [0.3, 0.4) is 0 Å². The normalized spacial score (nSPS) is 17.8. The Labute approximate surface area is 263 Å². The number of hydrazine groups is 1. The van der Waals surface area contributed by atoms with Crippen molar-refractivity contribution in [3.8, 4) is 5.75 Å². The molecule has 0 aliphatic carbocycles. The van der Waals surface area contributed by atoms with Gasteiger partial charge in [-0.1, -0.05) is 54.1 Å². The van der Waals surface area contributed by atoms with E-state index in [9.17, 15) is 9.59 Å². The summed E-state index contributed by atoms with van der Waals surface area (Å²) in [6.07, 6.45) is 0.352. The molecule has 1 amide bonds. The third-order valence-electron chi connectivity index (χ3n) is 6.89. The molecule has 1 aliphatic heterocycles. The number of halogens is 1. The number of aliphatic hydroxyl groups is 1. The molecule has 2 atom stereocenters. The van der Waals surface area contributed by atoms with Crippen molar-refractivity contribution in [3.63, 3.8) is 0 Å². The molecule has 0 saturated carbocycles. The summed E-state index contributed by atoms with van der Waals surface area (Å²) < 4.78 is 17.7. The lowest BCUT2D eigenvalue weighted by molar-refractivity contribution is -0.155. The van der Waals surface area contributed by atoms with E-state index in [-0.39, 0.29) is 25.3 Å². The van der Waals surface area contributed by atoms with E-state index in [1.165, 1.54) is 0 Å². The molecule has 3 aromatic carbocycles. The first-order valence-electron chi connectivity index (χ1n) is 14.7. The van der Waals surface area contributed by atoms with Crippen LogP contribution in [-0.4, -0.2) is 53.8 Å². The first kappa shape index (κ1) is 33.0. The minimum Gasteiger partial charge on any atom is -0.494 e. The van der Waals surface area contributed by atoms with Crippen LogP contribution in [0.25, 0.3) is 0 Å². The van der Waals surface area contributed by atoms with Crippen molar-refractivity contribution in [2.75, 3.05) is 19.8 Å². The minimum atomic E-state index is -1.48. The van der Waals surface area contributed by atoms with Crippen LogP contribution in [0.1, 0.15) is 62.8 Å². The molecule has 0 saturated heterocycles. The number of benzene rings is 3. The first-order chi connectivity index (χ1) is 21.1. The number of aliphatic imine (C=N–C) groups is 1. The predicted molar refractivity (Wildman–Crippen MR) is 170 cm³/mol. The molecule has 0 spiro atoms. The van der Waals surface area contributed by atoms with Gasteiger partial charge in [-0.25, -0.2) is 10.4 Å². The highest BCUT2D eigenvalue weighted by Gasteiger charge is 2.53. The zero-order valence-corrected chi connectivity index (χ0v) is 26.1. The number of esters is 1. The Hall–Kier alpha value is -3.92. The lowest BCUT2D eigenvalue weighted by Gasteiger charge is -2.31. The Kier molecular flexibility index (Phi) is 11.4. The monoisotopic (exact) mass is 621 g/mol. The molecule has 0 bridgehead atoms. The lowest BCUT2D eigenvalue weighted by Crippen LogP contribution is -2.53. The zero-order valence-electron chi connectivity index (χ0n) is 25.3. The van der Waals surface area contributed by atoms with Gasteiger partial charge < -0.3 is 19.3 Å². The summed E-state index contributed by atoms with van der Waals surface area (Å²) in [5.74, 6) is 0.0515. The van der Waals surface area contributed by atoms with Gasteiger partial charge in [0.2, 0.25) is 5.90 Å². The van der Waals surface area contributed by atoms with Crippen LogP contribution in [0.4, 0.5) is 0 Å². The molecule has 0 aromatic heterocycles. The number of nitrogens with one attached hydrogen (secondary N) is 2. The molecule has 0 fully saturated rings. The van der Waals surface area contributed by atoms with E-state index >= 15 is 0 Å². The third kappa shape index (κ3) is 9.05. The highest BCUT2D eigenvalue weighted by Crippen LogP contribution is 2.43. The Balaban J connectivity index is 1.62. The smallest absolute Gasteiger partial charge is 0.306 e. The third-order valence-corrected chi connectivity index (χ3v) is 7.13. The lowest BCUT2D eigenvalue weighted by atomic mass is 9.83. The van der Waals surface area contributed by atoms with Gasteiger partial charge in [-0.3, -0.25) is 15.0 Å². The van der Waals surface area contributed by atoms with Gasteiger partial charge in [0.05, 0.1) is 6.61 Å². The van der Waals surface area contributed by atoms with E-state index < -0.39 is 29.1 Å². The van der Waals surface area contributed by atoms with Gasteiger partial charge in [-0.2, -0.15) is 0 Å². The van der Waals surface area contributed by atoms with E-state index in [1.54, 1.807) is 45.0 Å². The number of carbonyl (C=O) groups excluding carboxylic acids is 2. The van der Waals surface area contributed by atoms with Gasteiger partial charge in [0, 0.05) is 36.6 Å². The molecule has 10 heteroatoms. The van der Waals surface area contributed by atoms with Crippen molar-refractivity contribution >= 4 is 29.4 Å². The van der Waals surface area contributed by atoms with Crippen LogP contribution < -0.4 is 15.6 Å². The van der Waals surface area contributed by atoms with Gasteiger partial charge >= 0.3 is 5.97 Å². The highest BCUT2D eigenvalue weighted by atomic mass is 35.5. The number of ether oxygens (including phenoxy) is 3. The maximum absolute atomic E-state index is 14.1. The van der Waals surface area contributed by atoms with E-state index in [2.05, 4.69) is 10.9 Å². The summed E-state index contributed by atoms with van der Waals surface area (Å²) in [5.41, 5.74) is 6.12.